The van der Waals surface area contributed by atoms with Crippen LogP contribution in [0.5, 0.6) is 0 Å². The van der Waals surface area contributed by atoms with Crippen molar-refractivity contribution in [3.8, 4) is 0 Å². The maximum Gasteiger partial charge on any atom is 0.191 e. The highest BCUT2D eigenvalue weighted by atomic mass is 127. The minimum atomic E-state index is 0. The lowest BCUT2D eigenvalue weighted by molar-refractivity contribution is 0.459. The molecule has 6 heteroatoms. The third-order valence-corrected chi connectivity index (χ3v) is 5.50. The molecule has 0 radical (unpaired) electrons. The minimum absolute atomic E-state index is 0. The van der Waals surface area contributed by atoms with Crippen molar-refractivity contribution in [1.82, 2.24) is 15.6 Å². The smallest absolute Gasteiger partial charge is 0.191 e. The Morgan fingerprint density at radius 3 is 2.34 bits per heavy atom. The van der Waals surface area contributed by atoms with Gasteiger partial charge in [0.2, 0.25) is 0 Å². The predicted octanol–water partition coefficient (Wildman–Crippen LogP) is 4.25. The number of aromatic nitrogens is 1. The summed E-state index contributed by atoms with van der Waals surface area (Å²) in [7, 11) is 1.84. The quantitative estimate of drug-likeness (QED) is 0.361. The van der Waals surface area contributed by atoms with E-state index in [0.717, 1.165) is 44.3 Å². The molecule has 1 fully saturated rings. The topological polar surface area (TPSA) is 52.6 Å². The summed E-state index contributed by atoms with van der Waals surface area (Å²) in [6.07, 6.45) is 4.12. The van der Waals surface area contributed by atoms with Crippen LogP contribution in [0.1, 0.15) is 42.4 Å². The number of pyridine rings is 1. The van der Waals surface area contributed by atoms with Crippen LogP contribution in [0, 0.1) is 13.8 Å². The Morgan fingerprint density at radius 2 is 1.76 bits per heavy atom. The first-order valence-corrected chi connectivity index (χ1v) is 10.3. The highest BCUT2D eigenvalue weighted by molar-refractivity contribution is 14.0. The molecule has 3 rings (SSSR count). The summed E-state index contributed by atoms with van der Waals surface area (Å²) in [6, 6.07) is 13.5. The molecule has 2 N–H and O–H groups in total. The molecule has 2 aromatic rings. The van der Waals surface area contributed by atoms with Crippen molar-refractivity contribution < 1.29 is 0 Å². The van der Waals surface area contributed by atoms with E-state index in [1.165, 1.54) is 16.7 Å². The van der Waals surface area contributed by atoms with Crippen molar-refractivity contribution in [2.45, 2.75) is 45.6 Å². The van der Waals surface area contributed by atoms with E-state index in [0.29, 0.717) is 12.0 Å². The average Bonchev–Trinajstić information content (AvgIpc) is 2.72. The standard InChI is InChI=1S/C23H33N5.HI/c1-17-5-8-20(9-6-17)19(3)16-26-23(24-4)27-21-11-13-28(14-12-21)22-10-7-18(2)15-25-22;/h5-10,15,19,21H,11-14,16H2,1-4H3,(H2,24,26,27);1H. The second-order valence-corrected chi connectivity index (χ2v) is 7.86. The molecule has 1 aliphatic rings. The number of piperidine rings is 1. The molecule has 0 aliphatic carbocycles. The van der Waals surface area contributed by atoms with Crippen LogP contribution in [0.15, 0.2) is 47.6 Å². The monoisotopic (exact) mass is 507 g/mol. The van der Waals surface area contributed by atoms with Crippen molar-refractivity contribution in [2.24, 2.45) is 4.99 Å². The highest BCUT2D eigenvalue weighted by Gasteiger charge is 2.21. The number of nitrogens with one attached hydrogen (secondary N) is 2. The second kappa shape index (κ2) is 11.4. The van der Waals surface area contributed by atoms with Gasteiger partial charge in [-0.25, -0.2) is 4.98 Å². The van der Waals surface area contributed by atoms with Crippen molar-refractivity contribution in [1.29, 1.82) is 0 Å². The van der Waals surface area contributed by atoms with E-state index in [2.05, 4.69) is 82.7 Å². The molecule has 0 saturated carbocycles. The lowest BCUT2D eigenvalue weighted by Gasteiger charge is -2.34. The summed E-state index contributed by atoms with van der Waals surface area (Å²) in [6.45, 7) is 9.35. The Balaban J connectivity index is 0.00000300. The molecule has 1 unspecified atom stereocenters. The van der Waals surface area contributed by atoms with Crippen LogP contribution in [0.2, 0.25) is 0 Å². The number of nitrogens with zero attached hydrogens (tertiary/aromatic N) is 3. The van der Waals surface area contributed by atoms with Gasteiger partial charge in [0.25, 0.3) is 0 Å². The van der Waals surface area contributed by atoms with Crippen molar-refractivity contribution in [2.75, 3.05) is 31.6 Å². The maximum absolute atomic E-state index is 4.56. The van der Waals surface area contributed by atoms with Crippen LogP contribution in [0.3, 0.4) is 0 Å². The van der Waals surface area contributed by atoms with Gasteiger partial charge in [-0.3, -0.25) is 4.99 Å². The number of rotatable bonds is 5. The molecular formula is C23H34IN5. The van der Waals surface area contributed by atoms with E-state index in [9.17, 15) is 0 Å². The summed E-state index contributed by atoms with van der Waals surface area (Å²) in [4.78, 5) is 11.3. The summed E-state index contributed by atoms with van der Waals surface area (Å²) in [5.74, 6) is 2.41. The number of aryl methyl sites for hydroxylation is 2. The van der Waals surface area contributed by atoms with E-state index in [1.54, 1.807) is 0 Å². The number of hydrogen-bond acceptors (Lipinski definition) is 3. The molecule has 1 aliphatic heterocycles. The van der Waals surface area contributed by atoms with Crippen molar-refractivity contribution >= 4 is 35.8 Å². The largest absolute Gasteiger partial charge is 0.356 e. The van der Waals surface area contributed by atoms with Gasteiger partial charge in [0, 0.05) is 38.9 Å². The molecule has 158 valence electrons. The first kappa shape index (κ1) is 23.4. The summed E-state index contributed by atoms with van der Waals surface area (Å²) < 4.78 is 0. The fraction of sp³-hybridized carbons (Fsp3) is 0.478. The maximum atomic E-state index is 4.56. The van der Waals surface area contributed by atoms with Crippen LogP contribution >= 0.6 is 24.0 Å². The Labute approximate surface area is 192 Å². The van der Waals surface area contributed by atoms with E-state index in [4.69, 9.17) is 0 Å². The molecule has 29 heavy (non-hydrogen) atoms. The predicted molar refractivity (Wildman–Crippen MR) is 134 cm³/mol. The lowest BCUT2D eigenvalue weighted by Crippen LogP contribution is -2.49. The zero-order valence-corrected chi connectivity index (χ0v) is 20.3. The average molecular weight is 507 g/mol. The number of aliphatic imine (C=N–C) groups is 1. The normalized spacial score (nSPS) is 16.1. The van der Waals surface area contributed by atoms with Crippen molar-refractivity contribution in [3.05, 3.63) is 59.3 Å². The first-order chi connectivity index (χ1) is 13.5. The van der Waals surface area contributed by atoms with Crippen LogP contribution in [-0.2, 0) is 0 Å². The van der Waals surface area contributed by atoms with Gasteiger partial charge < -0.3 is 15.5 Å². The second-order valence-electron chi connectivity index (χ2n) is 7.86. The first-order valence-electron chi connectivity index (χ1n) is 10.3. The van der Waals surface area contributed by atoms with Gasteiger partial charge in [0.15, 0.2) is 5.96 Å². The van der Waals surface area contributed by atoms with Crippen LogP contribution in [-0.4, -0.2) is 43.7 Å². The SMILES string of the molecule is CN=C(NCC(C)c1ccc(C)cc1)NC1CCN(c2ccc(C)cn2)CC1.I. The van der Waals surface area contributed by atoms with E-state index >= 15 is 0 Å². The molecule has 1 atom stereocenters. The molecular weight excluding hydrogens is 473 g/mol. The number of anilines is 1. The fourth-order valence-electron chi connectivity index (χ4n) is 3.55. The van der Waals surface area contributed by atoms with E-state index < -0.39 is 0 Å². The van der Waals surface area contributed by atoms with Gasteiger partial charge in [-0.15, -0.1) is 24.0 Å². The molecule has 2 heterocycles. The number of guanidine groups is 1. The van der Waals surface area contributed by atoms with Crippen LogP contribution < -0.4 is 15.5 Å². The molecule has 0 bridgehead atoms. The molecule has 1 saturated heterocycles. The lowest BCUT2D eigenvalue weighted by atomic mass is 10.00. The van der Waals surface area contributed by atoms with Gasteiger partial charge in [0.1, 0.15) is 5.82 Å². The van der Waals surface area contributed by atoms with Gasteiger partial charge in [0.05, 0.1) is 0 Å². The number of halogens is 1. The minimum Gasteiger partial charge on any atom is -0.356 e. The zero-order valence-electron chi connectivity index (χ0n) is 18.0. The molecule has 1 aromatic heterocycles. The summed E-state index contributed by atoms with van der Waals surface area (Å²) >= 11 is 0. The third kappa shape index (κ3) is 6.87. The van der Waals surface area contributed by atoms with Gasteiger partial charge in [-0.2, -0.15) is 0 Å². The molecule has 0 amide bonds. The Kier molecular flexibility index (Phi) is 9.20. The van der Waals surface area contributed by atoms with Gasteiger partial charge >= 0.3 is 0 Å². The zero-order chi connectivity index (χ0) is 19.9. The molecule has 0 spiro atoms. The van der Waals surface area contributed by atoms with E-state index in [-0.39, 0.29) is 24.0 Å². The fourth-order valence-corrected chi connectivity index (χ4v) is 3.55. The third-order valence-electron chi connectivity index (χ3n) is 5.50. The summed E-state index contributed by atoms with van der Waals surface area (Å²) in [5, 5.41) is 7.09. The molecule has 5 nitrogen and oxygen atoms in total. The van der Waals surface area contributed by atoms with Crippen LogP contribution in [0.4, 0.5) is 5.82 Å². The molecule has 1 aromatic carbocycles. The van der Waals surface area contributed by atoms with Crippen molar-refractivity contribution in [3.63, 3.8) is 0 Å². The number of benzene rings is 1. The number of hydrogen-bond donors (Lipinski definition) is 2. The summed E-state index contributed by atoms with van der Waals surface area (Å²) in [5.41, 5.74) is 3.86. The highest BCUT2D eigenvalue weighted by Crippen LogP contribution is 2.18. The Bertz CT molecular complexity index is 765. The Hall–Kier alpha value is -1.83. The van der Waals surface area contributed by atoms with Gasteiger partial charge in [-0.05, 0) is 49.8 Å². The van der Waals surface area contributed by atoms with Crippen LogP contribution in [0.25, 0.3) is 0 Å². The Morgan fingerprint density at radius 1 is 1.10 bits per heavy atom. The van der Waals surface area contributed by atoms with E-state index in [1.807, 2.05) is 13.2 Å². The van der Waals surface area contributed by atoms with Gasteiger partial charge in [-0.1, -0.05) is 42.8 Å².